The molecule has 0 N–H and O–H groups in total. The smallest absolute Gasteiger partial charge is 0.251 e. The summed E-state index contributed by atoms with van der Waals surface area (Å²) in [5.74, 6) is 0. The van der Waals surface area contributed by atoms with E-state index in [9.17, 15) is 259 Å². The van der Waals surface area contributed by atoms with Crippen LogP contribution in [0.2, 0.25) is 0 Å². The van der Waals surface area contributed by atoms with Gasteiger partial charge in [-0.05, 0) is 0 Å². The molecule has 0 aromatic heterocycles. The standard InChI is InChI=1S/4C4F9O6S3.Sn/c4*5-2(6,7)20(14,15)1(21(16,17)3(8,9)10)22(18,19)4(11,12)13;/q4*-1;+4. The second kappa shape index (κ2) is 26.0. The van der Waals surface area contributed by atoms with Gasteiger partial charge in [0.05, 0.1) is 15.7 Å². The zero-order chi connectivity index (χ0) is 74.3. The van der Waals surface area contributed by atoms with E-state index in [4.69, 9.17) is 0 Å². The fourth-order valence-electron chi connectivity index (χ4n) is 2.87. The Kier molecular flexibility index (Phi) is 27.9. The minimum absolute atomic E-state index is 0. The monoisotopic (exact) mass is 1760 g/mol. The second-order valence-electron chi connectivity index (χ2n) is 12.4. The molecule has 0 saturated heterocycles. The van der Waals surface area contributed by atoms with E-state index in [0.29, 0.717) is 0 Å². The predicted octanol–water partition coefficient (Wildman–Crippen LogP) is 4.57. The molecule has 0 aliphatic heterocycles. The summed E-state index contributed by atoms with van der Waals surface area (Å²) in [5.41, 5.74) is -84.7. The van der Waals surface area contributed by atoms with Crippen molar-refractivity contribution in [2.24, 2.45) is 0 Å². The van der Waals surface area contributed by atoms with E-state index in [1.807, 2.05) is 0 Å². The Morgan fingerprint density at radius 1 is 0.124 bits per heavy atom. The van der Waals surface area contributed by atoms with Crippen LogP contribution in [0, 0.1) is 15.7 Å². The number of alkyl halides is 36. The third kappa shape index (κ3) is 19.0. The van der Waals surface area contributed by atoms with Gasteiger partial charge in [0.25, 0.3) is 0 Å². The molecule has 0 aromatic carbocycles. The predicted molar refractivity (Wildman–Crippen MR) is 198 cm³/mol. The molecule has 73 heteroatoms. The Labute approximate surface area is 480 Å². The first-order chi connectivity index (χ1) is 36.5. The van der Waals surface area contributed by atoms with Gasteiger partial charge in [-0.15, -0.1) is 0 Å². The third-order valence-electron chi connectivity index (χ3n) is 6.29. The Morgan fingerprint density at radius 3 is 0.180 bits per heavy atom. The first-order valence-electron chi connectivity index (χ1n) is 15.7. The van der Waals surface area contributed by atoms with Crippen molar-refractivity contribution in [2.45, 2.75) is 66.1 Å². The van der Waals surface area contributed by atoms with Crippen molar-refractivity contribution in [2.75, 3.05) is 0 Å². The van der Waals surface area contributed by atoms with Crippen LogP contribution in [0.5, 0.6) is 0 Å². The number of sulfone groups is 12. The van der Waals surface area contributed by atoms with Crippen LogP contribution < -0.4 is 0 Å². The molecule has 0 amide bonds. The average Bonchev–Trinajstić information content (AvgIpc) is 3.12. The van der Waals surface area contributed by atoms with Crippen LogP contribution in [0.1, 0.15) is 0 Å². The fraction of sp³-hybridized carbons (Fsp3) is 0.750. The molecule has 0 radical (unpaired) electrons. The summed E-state index contributed by atoms with van der Waals surface area (Å²) in [6, 6.07) is 0. The molecule has 24 nitrogen and oxygen atoms in total. The normalized spacial score (nSPS) is 15.9. The van der Waals surface area contributed by atoms with Gasteiger partial charge in [-0.2, -0.15) is 158 Å². The maximum atomic E-state index is 12.0. The summed E-state index contributed by atoms with van der Waals surface area (Å²) in [5, 5.41) is 0. The summed E-state index contributed by atoms with van der Waals surface area (Å²) in [4.78, 5) is 0. The van der Waals surface area contributed by atoms with Gasteiger partial charge in [0.2, 0.25) is 0 Å². The van der Waals surface area contributed by atoms with Crippen LogP contribution in [0.4, 0.5) is 158 Å². The number of rotatable bonds is 12. The van der Waals surface area contributed by atoms with Crippen LogP contribution >= 0.6 is 0 Å². The van der Waals surface area contributed by atoms with Gasteiger partial charge in [0, 0.05) is 0 Å². The molecule has 0 fully saturated rings. The van der Waals surface area contributed by atoms with Gasteiger partial charge in [-0.1, -0.05) is 0 Å². The van der Waals surface area contributed by atoms with E-state index >= 15 is 0 Å². The molecule has 0 bridgehead atoms. The Hall–Kier alpha value is -2.32. The Balaban J connectivity index is -0.000000351. The summed E-state index contributed by atoms with van der Waals surface area (Å²) in [7, 11) is -96.2. The van der Waals surface area contributed by atoms with Crippen LogP contribution in [-0.2, 0) is 118 Å². The van der Waals surface area contributed by atoms with Gasteiger partial charge in [0.1, 0.15) is 0 Å². The van der Waals surface area contributed by atoms with Crippen molar-refractivity contribution in [3.8, 4) is 0 Å². The topological polar surface area (TPSA) is 410 Å². The summed E-state index contributed by atoms with van der Waals surface area (Å²) in [6.45, 7) is 0. The molecule has 0 aromatic rings. The van der Waals surface area contributed by atoms with Gasteiger partial charge in [-0.25, -0.2) is 0 Å². The van der Waals surface area contributed by atoms with E-state index in [0.717, 1.165) is 0 Å². The summed E-state index contributed by atoms with van der Waals surface area (Å²) < 4.78 is 670. The second-order valence-corrected chi connectivity index (χ2v) is 38.0. The molecule has 0 saturated carbocycles. The largest absolute Gasteiger partial charge is 4.00 e. The molecule has 89 heavy (non-hydrogen) atoms. The first kappa shape index (κ1) is 95.4. The van der Waals surface area contributed by atoms with E-state index in [-0.39, 0.29) is 23.9 Å². The van der Waals surface area contributed by atoms with Crippen LogP contribution in [0.25, 0.3) is 0 Å². The number of hydrogen-bond donors (Lipinski definition) is 0. The zero-order valence-corrected chi connectivity index (χ0v) is 49.5. The number of hydrogen-bond acceptors (Lipinski definition) is 24. The molecular weight excluding hydrogens is 1760 g/mol. The van der Waals surface area contributed by atoms with Crippen LogP contribution in [-0.4, -0.2) is 191 Å². The Bertz CT molecular complexity index is 3050. The van der Waals surface area contributed by atoms with E-state index in [2.05, 4.69) is 0 Å². The van der Waals surface area contributed by atoms with Crippen LogP contribution in [0.3, 0.4) is 0 Å². The third-order valence-corrected chi connectivity index (χ3v) is 34.7. The molecule has 0 unspecified atom stereocenters. The quantitative estimate of drug-likeness (QED) is 0.147. The maximum Gasteiger partial charge on any atom is 4.00 e. The zero-order valence-electron chi connectivity index (χ0n) is 36.8. The van der Waals surface area contributed by atoms with E-state index in [1.165, 1.54) is 0 Å². The van der Waals surface area contributed by atoms with Crippen molar-refractivity contribution < 1.29 is 259 Å². The maximum absolute atomic E-state index is 12.0. The minimum Gasteiger partial charge on any atom is -0.251 e. The van der Waals surface area contributed by atoms with E-state index < -0.39 is 200 Å². The van der Waals surface area contributed by atoms with Crippen molar-refractivity contribution in [1.29, 1.82) is 0 Å². The van der Waals surface area contributed by atoms with Crippen LogP contribution in [0.15, 0.2) is 0 Å². The molecule has 536 valence electrons. The fourth-order valence-corrected chi connectivity index (χ4v) is 25.8. The molecule has 0 spiro atoms. The van der Waals surface area contributed by atoms with Crippen molar-refractivity contribution in [3.05, 3.63) is 15.7 Å². The van der Waals surface area contributed by atoms with Gasteiger partial charge in [-0.3, -0.25) is 101 Å². The van der Waals surface area contributed by atoms with Gasteiger partial charge in [0.15, 0.2) is 118 Å². The van der Waals surface area contributed by atoms with Gasteiger partial charge < -0.3 is 0 Å². The Morgan fingerprint density at radius 2 is 0.157 bits per heavy atom. The first-order valence-corrected chi connectivity index (χ1v) is 33.5. The SMILES string of the molecule is O=S(=O)([C-](S(=O)(=O)C(F)(F)F)S(=O)(=O)C(F)(F)F)C(F)(F)F.O=S(=O)([C-](S(=O)(=O)C(F)(F)F)S(=O)(=O)C(F)(F)F)C(F)(F)F.O=S(=O)([C-](S(=O)(=O)C(F)(F)F)S(=O)(=O)C(F)(F)F)C(F)(F)F.O=S(=O)([C-](S(=O)(=O)C(F)(F)F)S(=O)(=O)C(F)(F)F)C(F)(F)F.[Sn+4]. The number of halogens is 36. The van der Waals surface area contributed by atoms with Gasteiger partial charge >= 0.3 is 90.0 Å². The molecule has 0 atom stereocenters. The average molecular weight is 1760 g/mol. The van der Waals surface area contributed by atoms with E-state index in [1.54, 1.807) is 0 Å². The van der Waals surface area contributed by atoms with Crippen molar-refractivity contribution >= 4 is 142 Å². The molecular formula is C16F36O24S12Sn. The minimum atomic E-state index is -8.02. The summed E-state index contributed by atoms with van der Waals surface area (Å²) >= 11 is 0. The molecule has 0 aliphatic rings. The van der Waals surface area contributed by atoms with Crippen molar-refractivity contribution in [1.82, 2.24) is 0 Å². The molecule has 0 heterocycles. The molecule has 0 aliphatic carbocycles. The van der Waals surface area contributed by atoms with Crippen molar-refractivity contribution in [3.63, 3.8) is 0 Å². The summed E-state index contributed by atoms with van der Waals surface area (Å²) in [6.07, 6.45) is 0. The molecule has 0 rings (SSSR count).